The molecule has 14 heavy (non-hydrogen) atoms. The SMILES string of the molecule is CC1=CC[C@@H]2[C@H]3CO[C@@H](O3)C(=O)[C@@H]2C1. The Morgan fingerprint density at radius 3 is 3.21 bits per heavy atom. The molecule has 0 radical (unpaired) electrons. The van der Waals surface area contributed by atoms with Gasteiger partial charge in [0.15, 0.2) is 5.78 Å². The fourth-order valence-electron chi connectivity index (χ4n) is 2.77. The standard InChI is InChI=1S/C11H14O3/c1-6-2-3-7-8(4-6)10(12)11-13-5-9(7)14-11/h2,7-9,11H,3-5H2,1H3/t7-,8+,9+,11-/m0/s1. The van der Waals surface area contributed by atoms with Crippen LogP contribution in [0.5, 0.6) is 0 Å². The molecule has 0 spiro atoms. The van der Waals surface area contributed by atoms with Gasteiger partial charge in [-0.2, -0.15) is 0 Å². The average Bonchev–Trinajstić information content (AvgIpc) is 2.61. The number of ether oxygens (including phenoxy) is 2. The topological polar surface area (TPSA) is 35.5 Å². The van der Waals surface area contributed by atoms with Gasteiger partial charge >= 0.3 is 0 Å². The highest BCUT2D eigenvalue weighted by Crippen LogP contribution is 2.41. The first-order valence-electron chi connectivity index (χ1n) is 5.22. The Balaban J connectivity index is 1.93. The van der Waals surface area contributed by atoms with Crippen molar-refractivity contribution in [2.24, 2.45) is 11.8 Å². The zero-order valence-electron chi connectivity index (χ0n) is 8.23. The van der Waals surface area contributed by atoms with E-state index in [-0.39, 0.29) is 17.8 Å². The van der Waals surface area contributed by atoms with Gasteiger partial charge in [-0.3, -0.25) is 4.79 Å². The minimum atomic E-state index is -0.549. The van der Waals surface area contributed by atoms with Gasteiger partial charge in [0.05, 0.1) is 12.7 Å². The summed E-state index contributed by atoms with van der Waals surface area (Å²) in [5.41, 5.74) is 1.33. The van der Waals surface area contributed by atoms with Crippen molar-refractivity contribution in [2.75, 3.05) is 6.61 Å². The smallest absolute Gasteiger partial charge is 0.218 e. The summed E-state index contributed by atoms with van der Waals surface area (Å²) in [5, 5.41) is 0. The fourth-order valence-corrected chi connectivity index (χ4v) is 2.77. The third kappa shape index (κ3) is 1.09. The van der Waals surface area contributed by atoms with E-state index in [4.69, 9.17) is 9.47 Å². The van der Waals surface area contributed by atoms with Crippen LogP contribution < -0.4 is 0 Å². The van der Waals surface area contributed by atoms with Crippen molar-refractivity contribution < 1.29 is 14.3 Å². The van der Waals surface area contributed by atoms with Crippen molar-refractivity contribution in [1.29, 1.82) is 0 Å². The molecule has 0 amide bonds. The first-order chi connectivity index (χ1) is 6.75. The van der Waals surface area contributed by atoms with Crippen LogP contribution in [0.1, 0.15) is 19.8 Å². The Morgan fingerprint density at radius 1 is 1.50 bits per heavy atom. The maximum atomic E-state index is 11.9. The van der Waals surface area contributed by atoms with E-state index < -0.39 is 6.29 Å². The first-order valence-corrected chi connectivity index (χ1v) is 5.22. The molecular formula is C11H14O3. The second-order valence-electron chi connectivity index (χ2n) is 4.50. The number of ketones is 1. The molecule has 2 heterocycles. The minimum absolute atomic E-state index is 0.159. The van der Waals surface area contributed by atoms with Crippen LogP contribution in [-0.4, -0.2) is 24.8 Å². The quantitative estimate of drug-likeness (QED) is 0.545. The largest absolute Gasteiger partial charge is 0.343 e. The minimum Gasteiger partial charge on any atom is -0.343 e. The first kappa shape index (κ1) is 8.62. The van der Waals surface area contributed by atoms with Crippen LogP contribution in [0.2, 0.25) is 0 Å². The van der Waals surface area contributed by atoms with Gasteiger partial charge in [0.1, 0.15) is 0 Å². The number of fused-ring (bicyclic) bond motifs is 4. The van der Waals surface area contributed by atoms with Crippen LogP contribution in [0.15, 0.2) is 11.6 Å². The molecule has 3 nitrogen and oxygen atoms in total. The number of hydrogen-bond donors (Lipinski definition) is 0. The summed E-state index contributed by atoms with van der Waals surface area (Å²) >= 11 is 0. The van der Waals surface area contributed by atoms with E-state index in [9.17, 15) is 4.79 Å². The zero-order chi connectivity index (χ0) is 9.71. The number of hydrogen-bond acceptors (Lipinski definition) is 3. The summed E-state index contributed by atoms with van der Waals surface area (Å²) in [6, 6.07) is 0. The third-order valence-corrected chi connectivity index (χ3v) is 3.58. The third-order valence-electron chi connectivity index (χ3n) is 3.58. The van der Waals surface area contributed by atoms with E-state index in [1.165, 1.54) is 5.57 Å². The van der Waals surface area contributed by atoms with Crippen LogP contribution >= 0.6 is 0 Å². The lowest BCUT2D eigenvalue weighted by Gasteiger charge is -2.36. The van der Waals surface area contributed by atoms with Crippen molar-refractivity contribution in [1.82, 2.24) is 0 Å². The van der Waals surface area contributed by atoms with E-state index in [0.29, 0.717) is 12.5 Å². The average molecular weight is 194 g/mol. The van der Waals surface area contributed by atoms with E-state index in [1.54, 1.807) is 0 Å². The van der Waals surface area contributed by atoms with E-state index >= 15 is 0 Å². The normalized spacial score (nSPS) is 46.1. The molecule has 1 aliphatic carbocycles. The van der Waals surface area contributed by atoms with Crippen molar-refractivity contribution in [3.63, 3.8) is 0 Å². The Hall–Kier alpha value is -0.670. The molecule has 3 aliphatic rings. The molecule has 0 aromatic heterocycles. The molecule has 2 bridgehead atoms. The molecule has 0 unspecified atom stereocenters. The summed E-state index contributed by atoms with van der Waals surface area (Å²) in [5.74, 6) is 0.687. The molecule has 0 saturated carbocycles. The van der Waals surface area contributed by atoms with Gasteiger partial charge in [-0.1, -0.05) is 11.6 Å². The van der Waals surface area contributed by atoms with Gasteiger partial charge in [0.2, 0.25) is 6.29 Å². The maximum Gasteiger partial charge on any atom is 0.218 e. The van der Waals surface area contributed by atoms with E-state index in [1.807, 2.05) is 0 Å². The predicted molar refractivity (Wildman–Crippen MR) is 49.6 cm³/mol. The highest BCUT2D eigenvalue weighted by molar-refractivity contribution is 5.86. The molecule has 3 heteroatoms. The van der Waals surface area contributed by atoms with Gasteiger partial charge in [-0.15, -0.1) is 0 Å². The number of rotatable bonds is 0. The van der Waals surface area contributed by atoms with Crippen LogP contribution in [0.4, 0.5) is 0 Å². The van der Waals surface area contributed by atoms with Crippen LogP contribution in [-0.2, 0) is 14.3 Å². The van der Waals surface area contributed by atoms with Crippen LogP contribution in [0.25, 0.3) is 0 Å². The van der Waals surface area contributed by atoms with Crippen molar-refractivity contribution in [2.45, 2.75) is 32.2 Å². The molecule has 2 aliphatic heterocycles. The molecular weight excluding hydrogens is 180 g/mol. The maximum absolute atomic E-state index is 11.9. The van der Waals surface area contributed by atoms with Gasteiger partial charge in [-0.05, 0) is 19.8 Å². The molecule has 4 atom stereocenters. The highest BCUT2D eigenvalue weighted by atomic mass is 16.7. The second kappa shape index (κ2) is 2.91. The van der Waals surface area contributed by atoms with Gasteiger partial charge in [-0.25, -0.2) is 0 Å². The second-order valence-corrected chi connectivity index (χ2v) is 4.50. The molecule has 3 rings (SSSR count). The molecule has 0 aromatic rings. The summed E-state index contributed by atoms with van der Waals surface area (Å²) in [6.07, 6.45) is 3.72. The number of carbonyl (C=O) groups is 1. The molecule has 2 saturated heterocycles. The van der Waals surface area contributed by atoms with E-state index in [0.717, 1.165) is 12.8 Å². The van der Waals surface area contributed by atoms with Crippen molar-refractivity contribution >= 4 is 5.78 Å². The number of carbonyl (C=O) groups excluding carboxylic acids is 1. The predicted octanol–water partition coefficient (Wildman–Crippen LogP) is 1.28. The van der Waals surface area contributed by atoms with E-state index in [2.05, 4.69) is 13.0 Å². The fraction of sp³-hybridized carbons (Fsp3) is 0.727. The molecule has 2 fully saturated rings. The van der Waals surface area contributed by atoms with Crippen molar-refractivity contribution in [3.8, 4) is 0 Å². The Labute approximate surface area is 83.1 Å². The van der Waals surface area contributed by atoms with Crippen molar-refractivity contribution in [3.05, 3.63) is 11.6 Å². The molecule has 0 N–H and O–H groups in total. The number of Topliss-reactive ketones (excluding diaryl/α,β-unsaturated/α-hetero) is 1. The Morgan fingerprint density at radius 2 is 2.36 bits per heavy atom. The van der Waals surface area contributed by atoms with Gasteiger partial charge in [0.25, 0.3) is 0 Å². The van der Waals surface area contributed by atoms with Crippen LogP contribution in [0.3, 0.4) is 0 Å². The Bertz CT molecular complexity index is 308. The monoisotopic (exact) mass is 194 g/mol. The Kier molecular flexibility index (Phi) is 1.79. The highest BCUT2D eigenvalue weighted by Gasteiger charge is 2.49. The van der Waals surface area contributed by atoms with Gasteiger partial charge < -0.3 is 9.47 Å². The van der Waals surface area contributed by atoms with Gasteiger partial charge in [0, 0.05) is 11.8 Å². The summed E-state index contributed by atoms with van der Waals surface area (Å²) < 4.78 is 10.8. The van der Waals surface area contributed by atoms with Crippen LogP contribution in [0, 0.1) is 11.8 Å². The number of allylic oxidation sites excluding steroid dienone is 2. The summed E-state index contributed by atoms with van der Waals surface area (Å²) in [7, 11) is 0. The summed E-state index contributed by atoms with van der Waals surface area (Å²) in [4.78, 5) is 11.9. The zero-order valence-corrected chi connectivity index (χ0v) is 8.23. The molecule has 76 valence electrons. The lowest BCUT2D eigenvalue weighted by atomic mass is 9.74. The summed E-state index contributed by atoms with van der Waals surface area (Å²) in [6.45, 7) is 2.70. The lowest BCUT2D eigenvalue weighted by molar-refractivity contribution is -0.165. The lowest BCUT2D eigenvalue weighted by Crippen LogP contribution is -2.44. The molecule has 0 aromatic carbocycles.